The predicted octanol–water partition coefficient (Wildman–Crippen LogP) is 1.82. The van der Waals surface area contributed by atoms with E-state index in [1.54, 1.807) is 0 Å². The van der Waals surface area contributed by atoms with Gasteiger partial charge in [0.2, 0.25) is 0 Å². The number of ether oxygens (including phenoxy) is 2. The topological polar surface area (TPSA) is 214 Å². The number of benzene rings is 3. The summed E-state index contributed by atoms with van der Waals surface area (Å²) in [7, 11) is 0. The second-order valence-electron chi connectivity index (χ2n) is 10.2. The average Bonchev–Trinajstić information content (AvgIpc) is 2.97. The minimum atomic E-state index is -1.81. The Balaban J connectivity index is 1.55. The number of carbonyl (C=O) groups excluding carboxylic acids is 2. The normalized spacial score (nSPS) is 23.6. The van der Waals surface area contributed by atoms with Crippen molar-refractivity contribution in [3.63, 3.8) is 0 Å². The second kappa shape index (κ2) is 11.8. The van der Waals surface area contributed by atoms with E-state index < -0.39 is 66.1 Å². The van der Waals surface area contributed by atoms with Crippen LogP contribution >= 0.6 is 0 Å². The Labute approximate surface area is 244 Å². The first kappa shape index (κ1) is 29.6. The monoisotopic (exact) mass is 592 g/mol. The van der Waals surface area contributed by atoms with Crippen molar-refractivity contribution in [1.82, 2.24) is 0 Å². The van der Waals surface area contributed by atoms with Gasteiger partial charge in [0.1, 0.15) is 41.7 Å². The predicted molar refractivity (Wildman–Crippen MR) is 149 cm³/mol. The van der Waals surface area contributed by atoms with Gasteiger partial charge >= 0.3 is 5.97 Å². The fourth-order valence-electron chi connectivity index (χ4n) is 5.26. The summed E-state index contributed by atoms with van der Waals surface area (Å²) < 4.78 is 11.4. The molecule has 12 heteroatoms. The summed E-state index contributed by atoms with van der Waals surface area (Å²) >= 11 is 0. The van der Waals surface area contributed by atoms with Gasteiger partial charge in [-0.15, -0.1) is 0 Å². The molecule has 0 bridgehead atoms. The Morgan fingerprint density at radius 3 is 2.30 bits per heavy atom. The molecule has 1 fully saturated rings. The summed E-state index contributed by atoms with van der Waals surface area (Å²) in [6.07, 6.45) is -4.57. The molecule has 3 aromatic rings. The summed E-state index contributed by atoms with van der Waals surface area (Å²) in [6, 6.07) is 10.7. The van der Waals surface area contributed by atoms with Crippen LogP contribution in [0.3, 0.4) is 0 Å². The number of carbonyl (C=O) groups is 2. The molecule has 0 amide bonds. The standard InChI is InChI=1S/C31H28O12/c32-13-24-28(40)29(41)31(43-25(39)8-3-14-1-5-17(33)6-2-14)30(42-24)27-18-9-16(15-4-7-19(34)20(35)10-15)11-21(36)26(18)22(37)12-23(27)38/h1-8,10-12,24,28-35,37-38,40-41H,9,13H2/t24-,28-,29+,30+,31+/m1/s1. The van der Waals surface area contributed by atoms with E-state index in [4.69, 9.17) is 9.47 Å². The zero-order valence-electron chi connectivity index (χ0n) is 22.4. The van der Waals surface area contributed by atoms with Gasteiger partial charge in [0.15, 0.2) is 23.4 Å². The number of ketones is 1. The van der Waals surface area contributed by atoms with Crippen LogP contribution in [0.5, 0.6) is 28.7 Å². The van der Waals surface area contributed by atoms with E-state index >= 15 is 0 Å². The molecule has 1 heterocycles. The van der Waals surface area contributed by atoms with Crippen LogP contribution in [-0.2, 0) is 20.7 Å². The van der Waals surface area contributed by atoms with Crippen LogP contribution in [-0.4, -0.2) is 83.6 Å². The number of phenols is 5. The number of rotatable bonds is 6. The maximum atomic E-state index is 13.2. The SMILES string of the molecule is O=C(C=Cc1ccc(O)cc1)O[C@H]1[C@@H](O)[C@H](O)[C@@H](CO)O[C@H]1c1c(O)cc(O)c2c1CC(c1ccc(O)c(O)c1)=CC2=O. The fraction of sp³-hybridized carbons (Fsp3) is 0.226. The van der Waals surface area contributed by atoms with Gasteiger partial charge < -0.3 is 50.3 Å². The highest BCUT2D eigenvalue weighted by atomic mass is 16.6. The van der Waals surface area contributed by atoms with Gasteiger partial charge in [-0.25, -0.2) is 4.79 Å². The molecule has 0 radical (unpaired) electrons. The molecule has 1 aliphatic carbocycles. The minimum absolute atomic E-state index is 0.0215. The molecule has 0 unspecified atom stereocenters. The van der Waals surface area contributed by atoms with Gasteiger partial charge in [-0.05, 0) is 65.1 Å². The first-order chi connectivity index (χ1) is 20.5. The largest absolute Gasteiger partial charge is 0.508 e. The van der Waals surface area contributed by atoms with Crippen LogP contribution < -0.4 is 0 Å². The molecule has 3 aromatic carbocycles. The summed E-state index contributed by atoms with van der Waals surface area (Å²) in [5.74, 6) is -3.57. The van der Waals surface area contributed by atoms with Gasteiger partial charge in [-0.1, -0.05) is 18.2 Å². The quantitative estimate of drug-likeness (QED) is 0.117. The van der Waals surface area contributed by atoms with Crippen LogP contribution in [0.4, 0.5) is 0 Å². The summed E-state index contributed by atoms with van der Waals surface area (Å²) in [6.45, 7) is -0.756. The third kappa shape index (κ3) is 5.76. The zero-order valence-corrected chi connectivity index (χ0v) is 22.4. The van der Waals surface area contributed by atoms with Crippen LogP contribution in [0.1, 0.15) is 38.7 Å². The lowest BCUT2D eigenvalue weighted by atomic mass is 9.80. The van der Waals surface area contributed by atoms with E-state index in [2.05, 4.69) is 0 Å². The van der Waals surface area contributed by atoms with E-state index in [1.807, 2.05) is 0 Å². The molecule has 1 aliphatic heterocycles. The second-order valence-corrected chi connectivity index (χ2v) is 10.2. The summed E-state index contributed by atoms with van der Waals surface area (Å²) in [5.41, 5.74) is 0.938. The molecule has 1 saturated heterocycles. The number of aliphatic hydroxyl groups excluding tert-OH is 3. The van der Waals surface area contributed by atoms with E-state index in [-0.39, 0.29) is 34.6 Å². The number of hydrogen-bond acceptors (Lipinski definition) is 12. The highest BCUT2D eigenvalue weighted by Crippen LogP contribution is 2.46. The zero-order chi connectivity index (χ0) is 31.0. The van der Waals surface area contributed by atoms with Crippen molar-refractivity contribution < 1.29 is 59.9 Å². The van der Waals surface area contributed by atoms with Gasteiger partial charge in [0.25, 0.3) is 0 Å². The van der Waals surface area contributed by atoms with Crippen molar-refractivity contribution in [2.45, 2.75) is 36.9 Å². The molecular weight excluding hydrogens is 564 g/mol. The van der Waals surface area contributed by atoms with Crippen molar-refractivity contribution in [1.29, 1.82) is 0 Å². The van der Waals surface area contributed by atoms with Crippen molar-refractivity contribution in [2.75, 3.05) is 6.61 Å². The Kier molecular flexibility index (Phi) is 8.11. The van der Waals surface area contributed by atoms with Crippen LogP contribution in [0, 0.1) is 0 Å². The van der Waals surface area contributed by atoms with Crippen LogP contribution in [0.25, 0.3) is 11.6 Å². The smallest absolute Gasteiger partial charge is 0.331 e. The van der Waals surface area contributed by atoms with E-state index in [9.17, 15) is 50.4 Å². The summed E-state index contributed by atoms with van der Waals surface area (Å²) in [5, 5.41) is 82.2. The number of aromatic hydroxyl groups is 5. The van der Waals surface area contributed by atoms with Crippen LogP contribution in [0.15, 0.2) is 60.7 Å². The fourth-order valence-corrected chi connectivity index (χ4v) is 5.26. The Morgan fingerprint density at radius 1 is 0.907 bits per heavy atom. The molecule has 0 saturated carbocycles. The molecule has 0 aromatic heterocycles. The Bertz CT molecular complexity index is 1620. The molecule has 5 rings (SSSR count). The van der Waals surface area contributed by atoms with Crippen molar-refractivity contribution in [2.24, 2.45) is 0 Å². The third-order valence-electron chi connectivity index (χ3n) is 7.41. The number of fused-ring (bicyclic) bond motifs is 1. The van der Waals surface area contributed by atoms with Gasteiger partial charge in [-0.3, -0.25) is 4.79 Å². The lowest BCUT2D eigenvalue weighted by Gasteiger charge is -2.42. The summed E-state index contributed by atoms with van der Waals surface area (Å²) in [4.78, 5) is 26.1. The lowest BCUT2D eigenvalue weighted by Crippen LogP contribution is -2.56. The molecule has 5 atom stereocenters. The lowest BCUT2D eigenvalue weighted by molar-refractivity contribution is -0.239. The Morgan fingerprint density at radius 2 is 1.63 bits per heavy atom. The molecule has 224 valence electrons. The van der Waals surface area contributed by atoms with Crippen LogP contribution in [0.2, 0.25) is 0 Å². The average molecular weight is 593 g/mol. The van der Waals surface area contributed by atoms with Crippen molar-refractivity contribution >= 4 is 23.4 Å². The highest BCUT2D eigenvalue weighted by Gasteiger charge is 2.49. The number of phenolic OH excluding ortho intramolecular Hbond substituents is 5. The van der Waals surface area contributed by atoms with Gasteiger partial charge in [0.05, 0.1) is 12.2 Å². The van der Waals surface area contributed by atoms with Crippen molar-refractivity contribution in [3.8, 4) is 28.7 Å². The Hall–Kier alpha value is -4.88. The maximum absolute atomic E-state index is 13.2. The maximum Gasteiger partial charge on any atom is 0.331 e. The number of aliphatic hydroxyl groups is 3. The van der Waals surface area contributed by atoms with E-state index in [0.29, 0.717) is 16.7 Å². The van der Waals surface area contributed by atoms with Crippen molar-refractivity contribution in [3.05, 3.63) is 88.5 Å². The first-order valence-corrected chi connectivity index (χ1v) is 13.1. The molecular formula is C31H28O12. The molecule has 8 N–H and O–H groups in total. The highest BCUT2D eigenvalue weighted by molar-refractivity contribution is 6.14. The molecule has 12 nitrogen and oxygen atoms in total. The van der Waals surface area contributed by atoms with E-state index in [0.717, 1.165) is 12.1 Å². The van der Waals surface area contributed by atoms with E-state index in [1.165, 1.54) is 54.6 Å². The van der Waals surface area contributed by atoms with Gasteiger partial charge in [-0.2, -0.15) is 0 Å². The molecule has 43 heavy (non-hydrogen) atoms. The minimum Gasteiger partial charge on any atom is -0.508 e. The molecule has 0 spiro atoms. The molecule has 2 aliphatic rings. The number of hydrogen-bond donors (Lipinski definition) is 8. The first-order valence-electron chi connectivity index (χ1n) is 13.1. The number of esters is 1. The number of allylic oxidation sites excluding steroid dienone is 2. The third-order valence-corrected chi connectivity index (χ3v) is 7.41. The van der Waals surface area contributed by atoms with Gasteiger partial charge in [0, 0.05) is 17.7 Å².